The molecule has 3 aromatic carbocycles. The molecule has 9 N–H and O–H groups in total. The number of primary amides is 1. The molecule has 3 rings (SSSR count). The fraction of sp³-hybridized carbons (Fsp3) is 0.400. The van der Waals surface area contributed by atoms with Gasteiger partial charge in [0.15, 0.2) is 0 Å². The van der Waals surface area contributed by atoms with E-state index in [-0.39, 0.29) is 31.7 Å². The Hall–Kier alpha value is -4.81. The van der Waals surface area contributed by atoms with Crippen molar-refractivity contribution in [3.8, 4) is 0 Å². The van der Waals surface area contributed by atoms with E-state index in [0.29, 0.717) is 38.8 Å². The number of carbonyl (C=O) groups is 5. The minimum Gasteiger partial charge on any atom is -0.368 e. The van der Waals surface area contributed by atoms with Crippen LogP contribution >= 0.6 is 0 Å². The molecule has 0 saturated carbocycles. The Morgan fingerprint density at radius 2 is 1.32 bits per heavy atom. The number of hydrogen-bond donors (Lipinski definition) is 7. The zero-order valence-electron chi connectivity index (χ0n) is 26.9. The fourth-order valence-electron chi connectivity index (χ4n) is 5.13. The van der Waals surface area contributed by atoms with Crippen molar-refractivity contribution in [2.24, 2.45) is 11.5 Å². The van der Waals surface area contributed by atoms with Gasteiger partial charge in [-0.15, -0.1) is 0 Å². The highest BCUT2D eigenvalue weighted by Gasteiger charge is 2.29. The standard InChI is InChI=1S/C35H47N7O5/c1-38-19-9-15-31(43)39-23-32(44)40-29(22-25-16-17-26-12-5-6-13-27(26)20-25)34(46)42-30(21-24-10-3-2-4-11-24)35(47)41-28(33(37)45)14-7-8-18-36/h2-6,10-13,16-17,20,28-30,38H,7-9,14-15,18-19,21-23,36H2,1H3,(H2,37,45)(H,39,43)(H,40,44)(H,41,47)(H,42,46)/t28-,29+,30-/m0/s1. The highest BCUT2D eigenvalue weighted by molar-refractivity contribution is 5.95. The van der Waals surface area contributed by atoms with Crippen LogP contribution in [-0.4, -0.2) is 74.3 Å². The average Bonchev–Trinajstić information content (AvgIpc) is 3.06. The Kier molecular flexibility index (Phi) is 15.3. The molecule has 12 nitrogen and oxygen atoms in total. The molecule has 0 saturated heterocycles. The third-order valence-electron chi connectivity index (χ3n) is 7.70. The van der Waals surface area contributed by atoms with Crippen LogP contribution in [0.1, 0.15) is 43.2 Å². The molecule has 0 aliphatic rings. The third kappa shape index (κ3) is 12.8. The van der Waals surface area contributed by atoms with Crippen LogP contribution in [0.3, 0.4) is 0 Å². The van der Waals surface area contributed by atoms with Gasteiger partial charge in [-0.3, -0.25) is 24.0 Å². The summed E-state index contributed by atoms with van der Waals surface area (Å²) in [5, 5.41) is 15.8. The van der Waals surface area contributed by atoms with Crippen LogP contribution in [0.15, 0.2) is 72.8 Å². The first kappa shape index (κ1) is 36.7. The fourth-order valence-corrected chi connectivity index (χ4v) is 5.13. The molecule has 47 heavy (non-hydrogen) atoms. The van der Waals surface area contributed by atoms with Gasteiger partial charge in [0.2, 0.25) is 29.5 Å². The second-order valence-corrected chi connectivity index (χ2v) is 11.5. The minimum atomic E-state index is -1.08. The second kappa shape index (κ2) is 19.6. The second-order valence-electron chi connectivity index (χ2n) is 11.5. The average molecular weight is 646 g/mol. The van der Waals surface area contributed by atoms with Gasteiger partial charge in [-0.2, -0.15) is 0 Å². The lowest BCUT2D eigenvalue weighted by molar-refractivity contribution is -0.133. The minimum absolute atomic E-state index is 0.126. The maximum Gasteiger partial charge on any atom is 0.243 e. The summed E-state index contributed by atoms with van der Waals surface area (Å²) < 4.78 is 0. The molecule has 3 aromatic rings. The molecule has 0 aliphatic heterocycles. The van der Waals surface area contributed by atoms with Gasteiger partial charge in [-0.05, 0) is 67.7 Å². The number of nitrogens with one attached hydrogen (secondary N) is 5. The van der Waals surface area contributed by atoms with Gasteiger partial charge in [0, 0.05) is 19.3 Å². The summed E-state index contributed by atoms with van der Waals surface area (Å²) in [5.41, 5.74) is 12.7. The molecule has 0 bridgehead atoms. The Labute approximate surface area is 275 Å². The van der Waals surface area contributed by atoms with Crippen molar-refractivity contribution < 1.29 is 24.0 Å². The summed E-state index contributed by atoms with van der Waals surface area (Å²) in [6, 6.07) is 19.6. The highest BCUT2D eigenvalue weighted by atomic mass is 16.2. The van der Waals surface area contributed by atoms with Crippen molar-refractivity contribution in [1.29, 1.82) is 0 Å². The molecule has 0 fully saturated rings. The largest absolute Gasteiger partial charge is 0.368 e. The Morgan fingerprint density at radius 1 is 0.681 bits per heavy atom. The molecule has 0 unspecified atom stereocenters. The zero-order chi connectivity index (χ0) is 34.0. The summed E-state index contributed by atoms with van der Waals surface area (Å²) >= 11 is 0. The zero-order valence-corrected chi connectivity index (χ0v) is 26.9. The number of fused-ring (bicyclic) bond motifs is 1. The lowest BCUT2D eigenvalue weighted by atomic mass is 9.99. The molecule has 0 aromatic heterocycles. The third-order valence-corrected chi connectivity index (χ3v) is 7.70. The van der Waals surface area contributed by atoms with Crippen LogP contribution in [0, 0.1) is 0 Å². The smallest absolute Gasteiger partial charge is 0.243 e. The number of nitrogens with two attached hydrogens (primary N) is 2. The van der Waals surface area contributed by atoms with Crippen LogP contribution < -0.4 is 38.1 Å². The van der Waals surface area contributed by atoms with Gasteiger partial charge < -0.3 is 38.1 Å². The van der Waals surface area contributed by atoms with E-state index in [2.05, 4.69) is 26.6 Å². The number of benzene rings is 3. The molecular formula is C35H47N7O5. The summed E-state index contributed by atoms with van der Waals surface area (Å²) in [7, 11) is 1.79. The lowest BCUT2D eigenvalue weighted by Gasteiger charge is -2.25. The van der Waals surface area contributed by atoms with E-state index in [9.17, 15) is 24.0 Å². The SMILES string of the molecule is CNCCCC(=O)NCC(=O)N[C@H](Cc1ccc2ccccc2c1)C(=O)N[C@@H](Cc1ccccc1)C(=O)N[C@@H](CCCCN)C(N)=O. The molecule has 5 amide bonds. The van der Waals surface area contributed by atoms with Gasteiger partial charge in [-0.25, -0.2) is 0 Å². The Morgan fingerprint density at radius 3 is 2.00 bits per heavy atom. The molecule has 0 radical (unpaired) electrons. The Balaban J connectivity index is 1.82. The predicted octanol–water partition coefficient (Wildman–Crippen LogP) is 0.810. The summed E-state index contributed by atoms with van der Waals surface area (Å²) in [6.45, 7) is 0.798. The summed E-state index contributed by atoms with van der Waals surface area (Å²) in [6.07, 6.45) is 2.69. The molecule has 12 heteroatoms. The molecular weight excluding hydrogens is 598 g/mol. The summed E-state index contributed by atoms with van der Waals surface area (Å²) in [5.74, 6) is -2.69. The van der Waals surface area contributed by atoms with E-state index in [1.54, 1.807) is 7.05 Å². The molecule has 3 atom stereocenters. The van der Waals surface area contributed by atoms with Crippen LogP contribution in [-0.2, 0) is 36.8 Å². The first-order chi connectivity index (χ1) is 22.7. The van der Waals surface area contributed by atoms with Gasteiger partial charge in [0.25, 0.3) is 0 Å². The summed E-state index contributed by atoms with van der Waals surface area (Å²) in [4.78, 5) is 64.8. The van der Waals surface area contributed by atoms with Crippen molar-refractivity contribution in [2.75, 3.05) is 26.7 Å². The van der Waals surface area contributed by atoms with Crippen LogP contribution in [0.2, 0.25) is 0 Å². The van der Waals surface area contributed by atoms with Crippen molar-refractivity contribution in [1.82, 2.24) is 26.6 Å². The van der Waals surface area contributed by atoms with E-state index in [1.165, 1.54) is 0 Å². The van der Waals surface area contributed by atoms with E-state index >= 15 is 0 Å². The van der Waals surface area contributed by atoms with Gasteiger partial charge in [0.05, 0.1) is 6.54 Å². The Bertz CT molecular complexity index is 1480. The number of rotatable bonds is 20. The van der Waals surface area contributed by atoms with E-state index in [4.69, 9.17) is 11.5 Å². The molecule has 0 aliphatic carbocycles. The first-order valence-electron chi connectivity index (χ1n) is 16.0. The van der Waals surface area contributed by atoms with Crippen molar-refractivity contribution in [2.45, 2.75) is 63.1 Å². The maximum absolute atomic E-state index is 13.9. The van der Waals surface area contributed by atoms with Gasteiger partial charge in [-0.1, -0.05) is 72.8 Å². The number of hydrogen-bond acceptors (Lipinski definition) is 7. The van der Waals surface area contributed by atoms with Crippen molar-refractivity contribution in [3.63, 3.8) is 0 Å². The molecule has 252 valence electrons. The van der Waals surface area contributed by atoms with E-state index in [1.807, 2.05) is 72.8 Å². The van der Waals surface area contributed by atoms with Crippen LogP contribution in [0.25, 0.3) is 10.8 Å². The predicted molar refractivity (Wildman–Crippen MR) is 182 cm³/mol. The monoisotopic (exact) mass is 645 g/mol. The highest BCUT2D eigenvalue weighted by Crippen LogP contribution is 2.17. The van der Waals surface area contributed by atoms with Gasteiger partial charge >= 0.3 is 0 Å². The number of unbranched alkanes of at least 4 members (excludes halogenated alkanes) is 1. The van der Waals surface area contributed by atoms with Gasteiger partial charge in [0.1, 0.15) is 18.1 Å². The first-order valence-corrected chi connectivity index (χ1v) is 16.0. The lowest BCUT2D eigenvalue weighted by Crippen LogP contribution is -2.58. The number of carbonyl (C=O) groups excluding carboxylic acids is 5. The van der Waals surface area contributed by atoms with Crippen LogP contribution in [0.5, 0.6) is 0 Å². The maximum atomic E-state index is 13.9. The normalized spacial score (nSPS) is 12.8. The van der Waals surface area contributed by atoms with Crippen molar-refractivity contribution >= 4 is 40.3 Å². The van der Waals surface area contributed by atoms with Crippen molar-refractivity contribution in [3.05, 3.63) is 83.9 Å². The number of amides is 5. The quantitative estimate of drug-likeness (QED) is 0.0882. The van der Waals surface area contributed by atoms with E-state index < -0.39 is 41.8 Å². The topological polar surface area (TPSA) is 198 Å². The van der Waals surface area contributed by atoms with E-state index in [0.717, 1.165) is 21.9 Å². The van der Waals surface area contributed by atoms with Crippen LogP contribution in [0.4, 0.5) is 0 Å². The molecule has 0 spiro atoms. The molecule has 0 heterocycles.